The van der Waals surface area contributed by atoms with E-state index < -0.39 is 0 Å². The average molecular weight is 496 g/mol. The van der Waals surface area contributed by atoms with Crippen LogP contribution in [0.5, 0.6) is 0 Å². The van der Waals surface area contributed by atoms with E-state index in [4.69, 9.17) is 0 Å². The maximum absolute atomic E-state index is 2.54. The van der Waals surface area contributed by atoms with Gasteiger partial charge in [0.05, 0.1) is 0 Å². The molecular formula is C36H49N. The summed E-state index contributed by atoms with van der Waals surface area (Å²) < 4.78 is 0. The van der Waals surface area contributed by atoms with Crippen LogP contribution in [0.15, 0.2) is 72.8 Å². The van der Waals surface area contributed by atoms with E-state index >= 15 is 0 Å². The van der Waals surface area contributed by atoms with E-state index in [1.165, 1.54) is 112 Å². The molecule has 198 valence electrons. The molecule has 37 heavy (non-hydrogen) atoms. The summed E-state index contributed by atoms with van der Waals surface area (Å²) >= 11 is 0. The van der Waals surface area contributed by atoms with Crippen LogP contribution in [0.2, 0.25) is 0 Å². The molecule has 0 bridgehead atoms. The lowest BCUT2D eigenvalue weighted by Gasteiger charge is -2.33. The van der Waals surface area contributed by atoms with Crippen molar-refractivity contribution in [2.24, 2.45) is 0 Å². The minimum Gasteiger partial charge on any atom is -0.345 e. The van der Waals surface area contributed by atoms with Crippen molar-refractivity contribution in [3.8, 4) is 11.1 Å². The fraction of sp³-hybridized carbons (Fsp3) is 0.500. The van der Waals surface area contributed by atoms with Gasteiger partial charge in [-0.25, -0.2) is 0 Å². The fourth-order valence-electron chi connectivity index (χ4n) is 6.53. The largest absolute Gasteiger partial charge is 0.345 e. The van der Waals surface area contributed by atoms with Gasteiger partial charge in [0.15, 0.2) is 0 Å². The number of anilines is 2. The van der Waals surface area contributed by atoms with Gasteiger partial charge in [-0.2, -0.15) is 0 Å². The molecule has 1 aliphatic rings. The van der Waals surface area contributed by atoms with Crippen LogP contribution >= 0.6 is 0 Å². The predicted molar refractivity (Wildman–Crippen MR) is 163 cm³/mol. The van der Waals surface area contributed by atoms with E-state index in [1.54, 1.807) is 11.1 Å². The lowest BCUT2D eigenvalue weighted by molar-refractivity contribution is 0.398. The van der Waals surface area contributed by atoms with Gasteiger partial charge < -0.3 is 4.90 Å². The Kier molecular flexibility index (Phi) is 10.3. The monoisotopic (exact) mass is 495 g/mol. The summed E-state index contributed by atoms with van der Waals surface area (Å²) in [5.41, 5.74) is 8.81. The van der Waals surface area contributed by atoms with Gasteiger partial charge >= 0.3 is 0 Å². The quantitative estimate of drug-likeness (QED) is 0.179. The van der Waals surface area contributed by atoms with Crippen LogP contribution in [0.25, 0.3) is 11.1 Å². The molecule has 0 spiro atoms. The van der Waals surface area contributed by atoms with Gasteiger partial charge in [-0.3, -0.25) is 0 Å². The van der Waals surface area contributed by atoms with Crippen LogP contribution in [0.3, 0.4) is 0 Å². The number of hydrogen-bond donors (Lipinski definition) is 0. The number of para-hydroxylation sites is 1. The smallest absolute Gasteiger partial charge is 0.0411 e. The van der Waals surface area contributed by atoms with Crippen molar-refractivity contribution in [3.05, 3.63) is 83.9 Å². The van der Waals surface area contributed by atoms with Crippen LogP contribution in [-0.2, 0) is 5.41 Å². The van der Waals surface area contributed by atoms with Gasteiger partial charge in [-0.1, -0.05) is 139 Å². The minimum atomic E-state index is 0.148. The highest BCUT2D eigenvalue weighted by Crippen LogP contribution is 2.55. The second-order valence-corrected chi connectivity index (χ2v) is 11.3. The third kappa shape index (κ3) is 6.49. The molecule has 0 fully saturated rings. The highest BCUT2D eigenvalue weighted by molar-refractivity contribution is 5.83. The molecule has 0 aromatic heterocycles. The van der Waals surface area contributed by atoms with Crippen molar-refractivity contribution >= 4 is 11.4 Å². The Morgan fingerprint density at radius 1 is 0.514 bits per heavy atom. The third-order valence-corrected chi connectivity index (χ3v) is 8.70. The lowest BCUT2D eigenvalue weighted by Crippen LogP contribution is -2.26. The van der Waals surface area contributed by atoms with Gasteiger partial charge in [-0.15, -0.1) is 0 Å². The van der Waals surface area contributed by atoms with Crippen LogP contribution in [0.1, 0.15) is 115 Å². The standard InChI is InChI=1S/C36H49N/c1-4-6-8-10-12-19-27-36(28-20-13-11-9-7-5-2)34-24-18-17-23-32(34)33-26-25-31(29-35(33)36)37(3)30-21-15-14-16-22-30/h14-18,21-26,29H,4-13,19-20,27-28H2,1-3H3. The van der Waals surface area contributed by atoms with Crippen LogP contribution in [0, 0.1) is 0 Å². The van der Waals surface area contributed by atoms with E-state index in [1.807, 2.05) is 0 Å². The summed E-state index contributed by atoms with van der Waals surface area (Å²) in [6.07, 6.45) is 18.9. The topological polar surface area (TPSA) is 3.24 Å². The van der Waals surface area contributed by atoms with E-state index in [-0.39, 0.29) is 5.41 Å². The van der Waals surface area contributed by atoms with Crippen molar-refractivity contribution in [2.75, 3.05) is 11.9 Å². The molecular weight excluding hydrogens is 446 g/mol. The number of hydrogen-bond acceptors (Lipinski definition) is 1. The summed E-state index contributed by atoms with van der Waals surface area (Å²) in [6, 6.07) is 27.4. The molecule has 0 aliphatic heterocycles. The van der Waals surface area contributed by atoms with Crippen LogP contribution < -0.4 is 4.90 Å². The summed E-state index contributed by atoms with van der Waals surface area (Å²) in [6.45, 7) is 4.62. The van der Waals surface area contributed by atoms with Crippen molar-refractivity contribution in [1.29, 1.82) is 0 Å². The summed E-state index contributed by atoms with van der Waals surface area (Å²) in [7, 11) is 2.21. The molecule has 0 N–H and O–H groups in total. The molecule has 1 nitrogen and oxygen atoms in total. The van der Waals surface area contributed by atoms with Crippen LogP contribution in [0.4, 0.5) is 11.4 Å². The summed E-state index contributed by atoms with van der Waals surface area (Å²) in [5.74, 6) is 0. The summed E-state index contributed by atoms with van der Waals surface area (Å²) in [5, 5.41) is 0. The number of nitrogens with zero attached hydrogens (tertiary/aromatic N) is 1. The van der Waals surface area contributed by atoms with Crippen LogP contribution in [-0.4, -0.2) is 7.05 Å². The number of benzene rings is 3. The molecule has 0 saturated heterocycles. The van der Waals surface area contributed by atoms with Gasteiger partial charge in [0.25, 0.3) is 0 Å². The molecule has 0 amide bonds. The van der Waals surface area contributed by atoms with E-state index in [0.717, 1.165) is 0 Å². The van der Waals surface area contributed by atoms with Crippen molar-refractivity contribution in [1.82, 2.24) is 0 Å². The first kappa shape index (κ1) is 27.5. The molecule has 0 radical (unpaired) electrons. The fourth-order valence-corrected chi connectivity index (χ4v) is 6.53. The third-order valence-electron chi connectivity index (χ3n) is 8.70. The Hall–Kier alpha value is -2.54. The minimum absolute atomic E-state index is 0.148. The van der Waals surface area contributed by atoms with E-state index in [9.17, 15) is 0 Å². The molecule has 0 heterocycles. The van der Waals surface area contributed by atoms with Crippen molar-refractivity contribution < 1.29 is 0 Å². The van der Waals surface area contributed by atoms with Gasteiger partial charge in [-0.05, 0) is 59.4 Å². The number of unbranched alkanes of at least 4 members (excludes halogenated alkanes) is 10. The SMILES string of the molecule is CCCCCCCCC1(CCCCCCCC)c2ccccc2-c2ccc(N(C)c3ccccc3)cc21. The highest BCUT2D eigenvalue weighted by Gasteiger charge is 2.42. The molecule has 1 aliphatic carbocycles. The van der Waals surface area contributed by atoms with Crippen molar-refractivity contribution in [2.45, 2.75) is 109 Å². The first-order valence-corrected chi connectivity index (χ1v) is 15.2. The maximum atomic E-state index is 2.54. The first-order chi connectivity index (χ1) is 18.2. The Balaban J connectivity index is 1.65. The molecule has 3 aromatic rings. The molecule has 3 aromatic carbocycles. The zero-order valence-corrected chi connectivity index (χ0v) is 23.8. The number of rotatable bonds is 16. The lowest BCUT2D eigenvalue weighted by atomic mass is 9.70. The Morgan fingerprint density at radius 2 is 1.05 bits per heavy atom. The van der Waals surface area contributed by atoms with E-state index in [2.05, 4.69) is 98.6 Å². The van der Waals surface area contributed by atoms with E-state index in [0.29, 0.717) is 0 Å². The maximum Gasteiger partial charge on any atom is 0.0411 e. The average Bonchev–Trinajstić information content (AvgIpc) is 3.22. The Labute approximate surface area is 227 Å². The predicted octanol–water partition coefficient (Wildman–Crippen LogP) is 11.2. The van der Waals surface area contributed by atoms with Gasteiger partial charge in [0.1, 0.15) is 0 Å². The van der Waals surface area contributed by atoms with Crippen molar-refractivity contribution in [3.63, 3.8) is 0 Å². The Morgan fingerprint density at radius 3 is 1.70 bits per heavy atom. The molecule has 0 unspecified atom stereocenters. The highest BCUT2D eigenvalue weighted by atomic mass is 15.1. The number of fused-ring (bicyclic) bond motifs is 3. The van der Waals surface area contributed by atoms with Gasteiger partial charge in [0.2, 0.25) is 0 Å². The normalized spacial score (nSPS) is 13.4. The molecule has 0 atom stereocenters. The molecule has 4 rings (SSSR count). The summed E-state index contributed by atoms with van der Waals surface area (Å²) in [4.78, 5) is 2.35. The second kappa shape index (κ2) is 13.8. The molecule has 0 saturated carbocycles. The zero-order chi connectivity index (χ0) is 25.9. The van der Waals surface area contributed by atoms with Gasteiger partial charge in [0, 0.05) is 23.8 Å². The second-order valence-electron chi connectivity index (χ2n) is 11.3. The molecule has 1 heteroatoms. The first-order valence-electron chi connectivity index (χ1n) is 15.2. The zero-order valence-electron chi connectivity index (χ0n) is 23.8. The Bertz CT molecular complexity index is 1070.